The van der Waals surface area contributed by atoms with E-state index in [-0.39, 0.29) is 12.5 Å². The molecule has 22 heavy (non-hydrogen) atoms. The highest BCUT2D eigenvalue weighted by Crippen LogP contribution is 2.34. The summed E-state index contributed by atoms with van der Waals surface area (Å²) in [5.41, 5.74) is -0.301. The van der Waals surface area contributed by atoms with Crippen LogP contribution in [0.3, 0.4) is 0 Å². The molecule has 0 saturated carbocycles. The van der Waals surface area contributed by atoms with Crippen LogP contribution < -0.4 is 0 Å². The van der Waals surface area contributed by atoms with Crippen LogP contribution in [0.5, 0.6) is 0 Å². The second kappa shape index (κ2) is 6.04. The number of amides is 1. The van der Waals surface area contributed by atoms with E-state index in [1.807, 2.05) is 0 Å². The first-order chi connectivity index (χ1) is 10.3. The van der Waals surface area contributed by atoms with Crippen molar-refractivity contribution in [2.24, 2.45) is 11.3 Å². The first-order valence-corrected chi connectivity index (χ1v) is 7.07. The summed E-state index contributed by atoms with van der Waals surface area (Å²) in [7, 11) is 1.25. The third kappa shape index (κ3) is 3.11. The van der Waals surface area contributed by atoms with E-state index < -0.39 is 29.2 Å². The van der Waals surface area contributed by atoms with Gasteiger partial charge in [0.2, 0.25) is 0 Å². The number of ether oxygens (including phenoxy) is 1. The molecule has 1 heterocycles. The average Bonchev–Trinajstić information content (AvgIpc) is 2.49. The van der Waals surface area contributed by atoms with Gasteiger partial charge in [-0.2, -0.15) is 0 Å². The zero-order chi connectivity index (χ0) is 16.5. The SMILES string of the molecule is COC(=O)C1CN(C(=O)c2ccc(F)cc2)CC(C)(C)C1O. The molecule has 1 aromatic carbocycles. The molecule has 2 atom stereocenters. The van der Waals surface area contributed by atoms with Crippen molar-refractivity contribution < 1.29 is 23.8 Å². The average molecular weight is 309 g/mol. The van der Waals surface area contributed by atoms with E-state index in [2.05, 4.69) is 0 Å². The Hall–Kier alpha value is -1.95. The van der Waals surface area contributed by atoms with E-state index in [0.29, 0.717) is 12.1 Å². The van der Waals surface area contributed by atoms with Crippen molar-refractivity contribution in [3.05, 3.63) is 35.6 Å². The van der Waals surface area contributed by atoms with Crippen LogP contribution in [0.1, 0.15) is 24.2 Å². The Labute approximate surface area is 128 Å². The Morgan fingerprint density at radius 2 is 1.91 bits per heavy atom. The number of aliphatic hydroxyl groups excluding tert-OH is 1. The molecule has 2 unspecified atom stereocenters. The number of methoxy groups -OCH3 is 1. The smallest absolute Gasteiger partial charge is 0.313 e. The van der Waals surface area contributed by atoms with Crippen molar-refractivity contribution in [2.45, 2.75) is 20.0 Å². The number of esters is 1. The molecule has 1 fully saturated rings. The molecule has 1 amide bonds. The van der Waals surface area contributed by atoms with Gasteiger partial charge < -0.3 is 14.7 Å². The van der Waals surface area contributed by atoms with Crippen molar-refractivity contribution in [2.75, 3.05) is 20.2 Å². The Morgan fingerprint density at radius 3 is 2.45 bits per heavy atom. The van der Waals surface area contributed by atoms with Gasteiger partial charge in [0.15, 0.2) is 0 Å². The summed E-state index contributed by atoms with van der Waals surface area (Å²) in [4.78, 5) is 25.9. The van der Waals surface area contributed by atoms with Gasteiger partial charge in [-0.3, -0.25) is 9.59 Å². The van der Waals surface area contributed by atoms with Gasteiger partial charge in [0.25, 0.3) is 5.91 Å². The van der Waals surface area contributed by atoms with E-state index in [1.54, 1.807) is 13.8 Å². The van der Waals surface area contributed by atoms with Crippen LogP contribution in [-0.2, 0) is 9.53 Å². The number of carbonyl (C=O) groups is 2. The lowest BCUT2D eigenvalue weighted by molar-refractivity contribution is -0.158. The number of nitrogens with zero attached hydrogens (tertiary/aromatic N) is 1. The number of benzene rings is 1. The minimum atomic E-state index is -0.891. The Morgan fingerprint density at radius 1 is 1.32 bits per heavy atom. The fourth-order valence-electron chi connectivity index (χ4n) is 2.82. The summed E-state index contributed by atoms with van der Waals surface area (Å²) < 4.78 is 17.7. The van der Waals surface area contributed by atoms with E-state index in [0.717, 1.165) is 0 Å². The van der Waals surface area contributed by atoms with Crippen molar-refractivity contribution in [3.8, 4) is 0 Å². The second-order valence-electron chi connectivity index (χ2n) is 6.26. The molecule has 0 spiro atoms. The molecular weight excluding hydrogens is 289 g/mol. The van der Waals surface area contributed by atoms with Gasteiger partial charge in [0.1, 0.15) is 11.7 Å². The number of halogens is 1. The van der Waals surface area contributed by atoms with Crippen LogP contribution in [0.15, 0.2) is 24.3 Å². The maximum Gasteiger partial charge on any atom is 0.313 e. The molecule has 2 rings (SSSR count). The van der Waals surface area contributed by atoms with Gasteiger partial charge >= 0.3 is 5.97 Å². The summed E-state index contributed by atoms with van der Waals surface area (Å²) >= 11 is 0. The Balaban J connectivity index is 2.25. The normalized spacial score (nSPS) is 24.0. The first-order valence-electron chi connectivity index (χ1n) is 7.07. The van der Waals surface area contributed by atoms with Gasteiger partial charge in [-0.25, -0.2) is 4.39 Å². The third-order valence-corrected chi connectivity index (χ3v) is 4.08. The fraction of sp³-hybridized carbons (Fsp3) is 0.500. The highest BCUT2D eigenvalue weighted by atomic mass is 19.1. The summed E-state index contributed by atoms with van der Waals surface area (Å²) in [5, 5.41) is 10.3. The summed E-state index contributed by atoms with van der Waals surface area (Å²) in [6.45, 7) is 3.96. The van der Waals surface area contributed by atoms with Crippen LogP contribution in [-0.4, -0.2) is 48.2 Å². The standard InChI is InChI=1S/C16H20FNO4/c1-16(2)9-18(8-12(13(16)19)15(21)22-3)14(20)10-4-6-11(17)7-5-10/h4-7,12-13,19H,8-9H2,1-3H3. The van der Waals surface area contributed by atoms with E-state index in [4.69, 9.17) is 4.74 Å². The van der Waals surface area contributed by atoms with Gasteiger partial charge in [-0.15, -0.1) is 0 Å². The molecule has 5 nitrogen and oxygen atoms in total. The Bertz CT molecular complexity index is 570. The molecule has 1 aromatic rings. The van der Waals surface area contributed by atoms with E-state index in [1.165, 1.54) is 36.3 Å². The van der Waals surface area contributed by atoms with Crippen LogP contribution in [0.4, 0.5) is 4.39 Å². The number of hydrogen-bond donors (Lipinski definition) is 1. The van der Waals surface area contributed by atoms with Gasteiger partial charge in [-0.05, 0) is 24.3 Å². The zero-order valence-corrected chi connectivity index (χ0v) is 12.9. The molecule has 6 heteroatoms. The fourth-order valence-corrected chi connectivity index (χ4v) is 2.82. The van der Waals surface area contributed by atoms with Crippen LogP contribution in [0.2, 0.25) is 0 Å². The lowest BCUT2D eigenvalue weighted by atomic mass is 9.75. The van der Waals surface area contributed by atoms with Crippen molar-refractivity contribution >= 4 is 11.9 Å². The minimum Gasteiger partial charge on any atom is -0.469 e. The Kier molecular flexibility index (Phi) is 4.51. The van der Waals surface area contributed by atoms with Gasteiger partial charge in [0, 0.05) is 24.1 Å². The second-order valence-corrected chi connectivity index (χ2v) is 6.26. The highest BCUT2D eigenvalue weighted by molar-refractivity contribution is 5.94. The van der Waals surface area contributed by atoms with Crippen molar-refractivity contribution in [1.82, 2.24) is 4.90 Å². The van der Waals surface area contributed by atoms with Crippen LogP contribution >= 0.6 is 0 Å². The quantitative estimate of drug-likeness (QED) is 0.840. The molecule has 1 N–H and O–H groups in total. The molecule has 0 bridgehead atoms. The minimum absolute atomic E-state index is 0.0769. The lowest BCUT2D eigenvalue weighted by Crippen LogP contribution is -2.57. The predicted octanol–water partition coefficient (Wildman–Crippen LogP) is 1.46. The van der Waals surface area contributed by atoms with Gasteiger partial charge in [0.05, 0.1) is 13.2 Å². The number of rotatable bonds is 2. The molecule has 1 aliphatic heterocycles. The lowest BCUT2D eigenvalue weighted by Gasteiger charge is -2.45. The molecular formula is C16H20FNO4. The zero-order valence-electron chi connectivity index (χ0n) is 12.9. The molecule has 1 aliphatic rings. The predicted molar refractivity (Wildman–Crippen MR) is 77.6 cm³/mol. The molecule has 0 aliphatic carbocycles. The molecule has 0 radical (unpaired) electrons. The molecule has 1 saturated heterocycles. The first kappa shape index (κ1) is 16.4. The summed E-state index contributed by atoms with van der Waals surface area (Å²) in [5.74, 6) is -2.05. The largest absolute Gasteiger partial charge is 0.469 e. The van der Waals surface area contributed by atoms with Crippen LogP contribution in [0.25, 0.3) is 0 Å². The third-order valence-electron chi connectivity index (χ3n) is 4.08. The number of hydrogen-bond acceptors (Lipinski definition) is 4. The summed E-state index contributed by atoms with van der Waals surface area (Å²) in [6.07, 6.45) is -0.891. The number of carbonyl (C=O) groups excluding carboxylic acids is 2. The topological polar surface area (TPSA) is 66.8 Å². The maximum absolute atomic E-state index is 13.0. The van der Waals surface area contributed by atoms with Gasteiger partial charge in [-0.1, -0.05) is 13.8 Å². The monoisotopic (exact) mass is 309 g/mol. The van der Waals surface area contributed by atoms with Crippen molar-refractivity contribution in [3.63, 3.8) is 0 Å². The van der Waals surface area contributed by atoms with E-state index in [9.17, 15) is 19.1 Å². The maximum atomic E-state index is 13.0. The number of likely N-dealkylation sites (tertiary alicyclic amines) is 1. The highest BCUT2D eigenvalue weighted by Gasteiger charge is 2.46. The molecule has 120 valence electrons. The van der Waals surface area contributed by atoms with Crippen LogP contribution in [0, 0.1) is 17.2 Å². The summed E-state index contributed by atoms with van der Waals surface area (Å²) in [6, 6.07) is 5.25. The number of piperidine rings is 1. The van der Waals surface area contributed by atoms with E-state index >= 15 is 0 Å². The number of aliphatic hydroxyl groups is 1. The van der Waals surface area contributed by atoms with Crippen molar-refractivity contribution in [1.29, 1.82) is 0 Å². The molecule has 0 aromatic heterocycles.